The van der Waals surface area contributed by atoms with E-state index in [9.17, 15) is 4.79 Å². The van der Waals surface area contributed by atoms with E-state index in [0.717, 1.165) is 37.2 Å². The van der Waals surface area contributed by atoms with Gasteiger partial charge in [-0.3, -0.25) is 0 Å². The zero-order valence-electron chi connectivity index (χ0n) is 13.8. The highest BCUT2D eigenvalue weighted by molar-refractivity contribution is 5.89. The van der Waals surface area contributed by atoms with Gasteiger partial charge in [-0.1, -0.05) is 0 Å². The van der Waals surface area contributed by atoms with Gasteiger partial charge in [-0.15, -0.1) is 0 Å². The minimum absolute atomic E-state index is 0.168. The molecule has 1 aromatic heterocycles. The lowest BCUT2D eigenvalue weighted by Crippen LogP contribution is -2.29. The van der Waals surface area contributed by atoms with Crippen LogP contribution < -0.4 is 10.6 Å². The van der Waals surface area contributed by atoms with Crippen molar-refractivity contribution in [3.8, 4) is 5.69 Å². The average Bonchev–Trinajstić information content (AvgIpc) is 3.29. The van der Waals surface area contributed by atoms with E-state index in [0.29, 0.717) is 12.6 Å². The van der Waals surface area contributed by atoms with E-state index in [4.69, 9.17) is 4.74 Å². The predicted molar refractivity (Wildman–Crippen MR) is 93.4 cm³/mol. The lowest BCUT2D eigenvalue weighted by molar-refractivity contribution is 0.102. The third kappa shape index (κ3) is 4.83. The molecule has 2 aromatic rings. The van der Waals surface area contributed by atoms with Crippen molar-refractivity contribution in [1.82, 2.24) is 15.1 Å². The number of benzene rings is 1. The number of ether oxygens (including phenoxy) is 1. The molecule has 1 atom stereocenters. The zero-order valence-corrected chi connectivity index (χ0v) is 13.8. The largest absolute Gasteiger partial charge is 0.378 e. The molecular weight excluding hydrogens is 304 g/mol. The van der Waals surface area contributed by atoms with Crippen LogP contribution in [-0.4, -0.2) is 35.1 Å². The molecule has 0 unspecified atom stereocenters. The van der Waals surface area contributed by atoms with Gasteiger partial charge in [0.2, 0.25) is 0 Å². The molecule has 1 aliphatic heterocycles. The Morgan fingerprint density at radius 1 is 1.29 bits per heavy atom. The minimum atomic E-state index is -0.168. The van der Waals surface area contributed by atoms with Crippen molar-refractivity contribution in [3.05, 3.63) is 42.7 Å². The molecule has 0 bridgehead atoms. The monoisotopic (exact) mass is 328 g/mol. The first-order chi connectivity index (χ1) is 11.8. The lowest BCUT2D eigenvalue weighted by Gasteiger charge is -2.10. The second-order valence-corrected chi connectivity index (χ2v) is 6.01. The van der Waals surface area contributed by atoms with Crippen molar-refractivity contribution < 1.29 is 9.53 Å². The Balaban J connectivity index is 1.34. The third-order valence-electron chi connectivity index (χ3n) is 4.16. The van der Waals surface area contributed by atoms with E-state index in [1.54, 1.807) is 10.9 Å². The van der Waals surface area contributed by atoms with Crippen LogP contribution in [0.3, 0.4) is 0 Å². The summed E-state index contributed by atoms with van der Waals surface area (Å²) in [5.74, 6) is 0. The molecule has 24 heavy (non-hydrogen) atoms. The number of rotatable bonds is 7. The maximum atomic E-state index is 11.9. The second-order valence-electron chi connectivity index (χ2n) is 6.01. The van der Waals surface area contributed by atoms with Crippen LogP contribution in [0.15, 0.2) is 42.7 Å². The highest BCUT2D eigenvalue weighted by Crippen LogP contribution is 2.17. The van der Waals surface area contributed by atoms with E-state index in [1.165, 1.54) is 12.8 Å². The molecule has 1 saturated heterocycles. The molecule has 1 aromatic carbocycles. The maximum Gasteiger partial charge on any atom is 0.319 e. The number of hydrogen-bond acceptors (Lipinski definition) is 3. The molecule has 2 heterocycles. The molecule has 128 valence electrons. The molecule has 1 aliphatic rings. The number of carbonyl (C=O) groups excluding carboxylic acids is 1. The van der Waals surface area contributed by atoms with Gasteiger partial charge in [-0.25, -0.2) is 9.48 Å². The number of unbranched alkanes of at least 4 members (excludes halogenated alkanes) is 1. The number of amides is 2. The van der Waals surface area contributed by atoms with Crippen LogP contribution in [0.1, 0.15) is 32.1 Å². The number of anilines is 1. The third-order valence-corrected chi connectivity index (χ3v) is 4.16. The minimum Gasteiger partial charge on any atom is -0.378 e. The van der Waals surface area contributed by atoms with Crippen molar-refractivity contribution in [2.45, 2.75) is 38.2 Å². The summed E-state index contributed by atoms with van der Waals surface area (Å²) in [6.07, 6.45) is 9.58. The first-order valence-corrected chi connectivity index (χ1v) is 8.58. The van der Waals surface area contributed by atoms with Crippen LogP contribution in [-0.2, 0) is 4.74 Å². The maximum absolute atomic E-state index is 11.9. The standard InChI is InChI=1S/C18H24N4O2/c23-18(19-11-2-1-5-17-6-3-14-24-17)21-15-7-9-16(10-8-15)22-13-4-12-20-22/h4,7-10,12-13,17H,1-3,5-6,11,14H2,(H2,19,21,23)/t17-/m1/s1. The summed E-state index contributed by atoms with van der Waals surface area (Å²) in [6, 6.07) is 9.29. The van der Waals surface area contributed by atoms with Gasteiger partial charge in [0.05, 0.1) is 11.8 Å². The SMILES string of the molecule is O=C(NCCCC[C@@H]1CCCO1)Nc1ccc(-n2cccn2)cc1. The van der Waals surface area contributed by atoms with E-state index >= 15 is 0 Å². The topological polar surface area (TPSA) is 68.2 Å². The quantitative estimate of drug-likeness (QED) is 0.766. The smallest absolute Gasteiger partial charge is 0.319 e. The van der Waals surface area contributed by atoms with Crippen LogP contribution >= 0.6 is 0 Å². The van der Waals surface area contributed by atoms with Gasteiger partial charge in [0, 0.05) is 31.2 Å². The first-order valence-electron chi connectivity index (χ1n) is 8.58. The normalized spacial score (nSPS) is 16.9. The Labute approximate surface area is 142 Å². The first kappa shape index (κ1) is 16.5. The molecule has 6 heteroatoms. The Kier molecular flexibility index (Phi) is 5.85. The summed E-state index contributed by atoms with van der Waals surface area (Å²) in [4.78, 5) is 11.9. The van der Waals surface area contributed by atoms with Crippen molar-refractivity contribution >= 4 is 11.7 Å². The van der Waals surface area contributed by atoms with Crippen molar-refractivity contribution in [1.29, 1.82) is 0 Å². The van der Waals surface area contributed by atoms with Crippen LogP contribution in [0.4, 0.5) is 10.5 Å². The molecule has 3 rings (SSSR count). The summed E-state index contributed by atoms with van der Waals surface area (Å²) >= 11 is 0. The number of aromatic nitrogens is 2. The zero-order chi connectivity index (χ0) is 16.6. The molecule has 0 radical (unpaired) electrons. The number of urea groups is 1. The molecule has 6 nitrogen and oxygen atoms in total. The molecule has 2 N–H and O–H groups in total. The molecule has 0 spiro atoms. The van der Waals surface area contributed by atoms with Gasteiger partial charge in [-0.2, -0.15) is 5.10 Å². The van der Waals surface area contributed by atoms with Gasteiger partial charge in [0.25, 0.3) is 0 Å². The van der Waals surface area contributed by atoms with E-state index < -0.39 is 0 Å². The van der Waals surface area contributed by atoms with Crippen LogP contribution in [0.2, 0.25) is 0 Å². The van der Waals surface area contributed by atoms with Gasteiger partial charge in [0.1, 0.15) is 0 Å². The van der Waals surface area contributed by atoms with Crippen molar-refractivity contribution in [2.24, 2.45) is 0 Å². The highest BCUT2D eigenvalue weighted by Gasteiger charge is 2.14. The summed E-state index contributed by atoms with van der Waals surface area (Å²) in [5.41, 5.74) is 1.72. The van der Waals surface area contributed by atoms with Gasteiger partial charge in [0.15, 0.2) is 0 Å². The molecule has 2 amide bonds. The van der Waals surface area contributed by atoms with Crippen molar-refractivity contribution in [3.63, 3.8) is 0 Å². The number of carbonyl (C=O) groups is 1. The van der Waals surface area contributed by atoms with Gasteiger partial charge < -0.3 is 15.4 Å². The summed E-state index contributed by atoms with van der Waals surface area (Å²) in [6.45, 7) is 1.59. The predicted octanol–water partition coefficient (Wildman–Crippen LogP) is 3.34. The average molecular weight is 328 g/mol. The van der Waals surface area contributed by atoms with Crippen molar-refractivity contribution in [2.75, 3.05) is 18.5 Å². The Morgan fingerprint density at radius 3 is 2.88 bits per heavy atom. The second kappa shape index (κ2) is 8.49. The Hall–Kier alpha value is -2.34. The Bertz CT molecular complexity index is 619. The summed E-state index contributed by atoms with van der Waals surface area (Å²) in [5, 5.41) is 9.90. The van der Waals surface area contributed by atoms with Gasteiger partial charge >= 0.3 is 6.03 Å². The Morgan fingerprint density at radius 2 is 2.17 bits per heavy atom. The van der Waals surface area contributed by atoms with Gasteiger partial charge in [-0.05, 0) is 62.4 Å². The summed E-state index contributed by atoms with van der Waals surface area (Å²) in [7, 11) is 0. The number of nitrogens with one attached hydrogen (secondary N) is 2. The molecule has 0 saturated carbocycles. The van der Waals surface area contributed by atoms with E-state index in [-0.39, 0.29) is 6.03 Å². The van der Waals surface area contributed by atoms with Crippen LogP contribution in [0.5, 0.6) is 0 Å². The highest BCUT2D eigenvalue weighted by atomic mass is 16.5. The van der Waals surface area contributed by atoms with Crippen LogP contribution in [0.25, 0.3) is 5.69 Å². The number of hydrogen-bond donors (Lipinski definition) is 2. The van der Waals surface area contributed by atoms with E-state index in [2.05, 4.69) is 15.7 Å². The lowest BCUT2D eigenvalue weighted by atomic mass is 10.1. The molecule has 1 fully saturated rings. The fraction of sp³-hybridized carbons (Fsp3) is 0.444. The number of nitrogens with zero attached hydrogens (tertiary/aromatic N) is 2. The fourth-order valence-corrected chi connectivity index (χ4v) is 2.87. The van der Waals surface area contributed by atoms with E-state index in [1.807, 2.05) is 36.5 Å². The summed E-state index contributed by atoms with van der Waals surface area (Å²) < 4.78 is 7.37. The molecule has 0 aliphatic carbocycles. The molecular formula is C18H24N4O2. The fourth-order valence-electron chi connectivity index (χ4n) is 2.87. The van der Waals surface area contributed by atoms with Crippen LogP contribution in [0, 0.1) is 0 Å².